The van der Waals surface area contributed by atoms with E-state index in [0.29, 0.717) is 18.3 Å². The van der Waals surface area contributed by atoms with E-state index in [-0.39, 0.29) is 12.5 Å². The fourth-order valence-corrected chi connectivity index (χ4v) is 3.24. The van der Waals surface area contributed by atoms with Crippen molar-refractivity contribution in [1.29, 1.82) is 0 Å². The summed E-state index contributed by atoms with van der Waals surface area (Å²) in [6.45, 7) is 2.71. The number of benzene rings is 2. The van der Waals surface area contributed by atoms with E-state index in [0.717, 1.165) is 29.3 Å². The molecule has 142 valence electrons. The number of aromatic nitrogens is 3. The predicted octanol–water partition coefficient (Wildman–Crippen LogP) is 3.75. The fourth-order valence-electron chi connectivity index (χ4n) is 3.24. The lowest BCUT2D eigenvalue weighted by Gasteiger charge is -2.08. The lowest BCUT2D eigenvalue weighted by molar-refractivity contribution is -0.121. The number of rotatable bonds is 7. The van der Waals surface area contributed by atoms with Gasteiger partial charge in [-0.1, -0.05) is 36.4 Å². The van der Waals surface area contributed by atoms with Crippen molar-refractivity contribution < 1.29 is 9.21 Å². The first-order valence-corrected chi connectivity index (χ1v) is 9.39. The zero-order chi connectivity index (χ0) is 19.3. The van der Waals surface area contributed by atoms with E-state index < -0.39 is 0 Å². The Morgan fingerprint density at radius 1 is 1.11 bits per heavy atom. The van der Waals surface area contributed by atoms with Crippen molar-refractivity contribution in [3.05, 3.63) is 72.2 Å². The van der Waals surface area contributed by atoms with Crippen LogP contribution in [0.2, 0.25) is 0 Å². The van der Waals surface area contributed by atoms with Gasteiger partial charge in [-0.05, 0) is 42.0 Å². The van der Waals surface area contributed by atoms with Gasteiger partial charge in [0.05, 0.1) is 0 Å². The van der Waals surface area contributed by atoms with Crippen LogP contribution in [-0.2, 0) is 17.8 Å². The maximum atomic E-state index is 12.4. The second-order valence-electron chi connectivity index (χ2n) is 6.78. The SMILES string of the molecule is Cc1nnc(-c2ccc3ccn(CC(=O)NCCCc4ccccc4)c3c2)o1. The van der Waals surface area contributed by atoms with E-state index in [2.05, 4.69) is 27.6 Å². The van der Waals surface area contributed by atoms with E-state index >= 15 is 0 Å². The number of nitrogens with zero attached hydrogens (tertiary/aromatic N) is 3. The zero-order valence-corrected chi connectivity index (χ0v) is 15.8. The Labute approximate surface area is 163 Å². The minimum Gasteiger partial charge on any atom is -0.421 e. The van der Waals surface area contributed by atoms with Crippen LogP contribution < -0.4 is 5.32 Å². The van der Waals surface area contributed by atoms with Gasteiger partial charge in [0.2, 0.25) is 17.7 Å². The van der Waals surface area contributed by atoms with Gasteiger partial charge in [-0.3, -0.25) is 4.79 Å². The van der Waals surface area contributed by atoms with Gasteiger partial charge in [0.25, 0.3) is 0 Å². The number of hydrogen-bond donors (Lipinski definition) is 1. The van der Waals surface area contributed by atoms with Crippen molar-refractivity contribution >= 4 is 16.8 Å². The minimum absolute atomic E-state index is 0.00426. The fraction of sp³-hybridized carbons (Fsp3) is 0.227. The van der Waals surface area contributed by atoms with Crippen LogP contribution in [0.1, 0.15) is 17.9 Å². The van der Waals surface area contributed by atoms with Gasteiger partial charge < -0.3 is 14.3 Å². The average molecular weight is 374 g/mol. The summed E-state index contributed by atoms with van der Waals surface area (Å²) in [6.07, 6.45) is 3.81. The van der Waals surface area contributed by atoms with E-state index in [9.17, 15) is 4.79 Å². The summed E-state index contributed by atoms with van der Waals surface area (Å²) in [6, 6.07) is 18.2. The van der Waals surface area contributed by atoms with Gasteiger partial charge in [-0.2, -0.15) is 0 Å². The predicted molar refractivity (Wildman–Crippen MR) is 108 cm³/mol. The van der Waals surface area contributed by atoms with Crippen molar-refractivity contribution in [2.75, 3.05) is 6.54 Å². The molecule has 0 saturated carbocycles. The summed E-state index contributed by atoms with van der Waals surface area (Å²) in [5.74, 6) is 1.02. The molecule has 28 heavy (non-hydrogen) atoms. The highest BCUT2D eigenvalue weighted by Gasteiger charge is 2.10. The third-order valence-corrected chi connectivity index (χ3v) is 4.67. The summed E-state index contributed by atoms with van der Waals surface area (Å²) in [7, 11) is 0. The van der Waals surface area contributed by atoms with E-state index in [4.69, 9.17) is 4.42 Å². The van der Waals surface area contributed by atoms with Crippen molar-refractivity contribution in [3.8, 4) is 11.5 Å². The molecule has 0 bridgehead atoms. The van der Waals surface area contributed by atoms with Crippen LogP contribution in [-0.4, -0.2) is 27.2 Å². The molecule has 0 aliphatic heterocycles. The smallest absolute Gasteiger partial charge is 0.247 e. The lowest BCUT2D eigenvalue weighted by atomic mass is 10.1. The highest BCUT2D eigenvalue weighted by atomic mass is 16.4. The van der Waals surface area contributed by atoms with Crippen LogP contribution >= 0.6 is 0 Å². The topological polar surface area (TPSA) is 73.0 Å². The van der Waals surface area contributed by atoms with Gasteiger partial charge in [0.15, 0.2) is 0 Å². The molecule has 0 unspecified atom stereocenters. The van der Waals surface area contributed by atoms with E-state index in [1.54, 1.807) is 6.92 Å². The minimum atomic E-state index is 0.00426. The molecule has 0 saturated heterocycles. The Balaban J connectivity index is 1.37. The normalized spacial score (nSPS) is 11.0. The molecular weight excluding hydrogens is 352 g/mol. The van der Waals surface area contributed by atoms with Crippen LogP contribution in [0.5, 0.6) is 0 Å². The lowest BCUT2D eigenvalue weighted by Crippen LogP contribution is -2.28. The molecule has 2 aromatic carbocycles. The summed E-state index contributed by atoms with van der Waals surface area (Å²) < 4.78 is 7.45. The van der Waals surface area contributed by atoms with Gasteiger partial charge in [0.1, 0.15) is 6.54 Å². The first-order valence-electron chi connectivity index (χ1n) is 9.39. The molecule has 0 aliphatic rings. The summed E-state index contributed by atoms with van der Waals surface area (Å²) in [4.78, 5) is 12.4. The largest absolute Gasteiger partial charge is 0.421 e. The Kier molecular flexibility index (Phi) is 5.19. The van der Waals surface area contributed by atoms with Crippen LogP contribution in [0, 0.1) is 6.92 Å². The molecule has 4 rings (SSSR count). The molecule has 2 heterocycles. The number of amides is 1. The Morgan fingerprint density at radius 3 is 2.75 bits per heavy atom. The summed E-state index contributed by atoms with van der Waals surface area (Å²) >= 11 is 0. The van der Waals surface area contributed by atoms with E-state index in [1.165, 1.54) is 5.56 Å². The molecular formula is C22H22N4O2. The molecule has 1 N–H and O–H groups in total. The third kappa shape index (κ3) is 4.11. The second-order valence-corrected chi connectivity index (χ2v) is 6.78. The molecule has 4 aromatic rings. The van der Waals surface area contributed by atoms with Gasteiger partial charge >= 0.3 is 0 Å². The molecule has 0 aliphatic carbocycles. The molecule has 2 aromatic heterocycles. The van der Waals surface area contributed by atoms with Crippen molar-refractivity contribution in [2.24, 2.45) is 0 Å². The number of fused-ring (bicyclic) bond motifs is 1. The Morgan fingerprint density at radius 2 is 1.96 bits per heavy atom. The molecule has 0 atom stereocenters. The average Bonchev–Trinajstić information content (AvgIpc) is 3.32. The Bertz CT molecular complexity index is 1080. The Hall–Kier alpha value is -3.41. The van der Waals surface area contributed by atoms with Crippen molar-refractivity contribution in [3.63, 3.8) is 0 Å². The van der Waals surface area contributed by atoms with Gasteiger partial charge in [0, 0.05) is 30.7 Å². The number of carbonyl (C=O) groups is 1. The molecule has 0 fully saturated rings. The quantitative estimate of drug-likeness (QED) is 0.500. The van der Waals surface area contributed by atoms with Gasteiger partial charge in [-0.25, -0.2) is 0 Å². The second kappa shape index (κ2) is 8.08. The molecule has 6 nitrogen and oxygen atoms in total. The maximum Gasteiger partial charge on any atom is 0.247 e. The van der Waals surface area contributed by atoms with Crippen molar-refractivity contribution in [2.45, 2.75) is 26.3 Å². The molecule has 0 radical (unpaired) electrons. The van der Waals surface area contributed by atoms with Gasteiger partial charge in [-0.15, -0.1) is 10.2 Å². The van der Waals surface area contributed by atoms with Crippen LogP contribution in [0.3, 0.4) is 0 Å². The summed E-state index contributed by atoms with van der Waals surface area (Å²) in [5.41, 5.74) is 3.10. The highest BCUT2D eigenvalue weighted by molar-refractivity contribution is 5.86. The molecule has 6 heteroatoms. The van der Waals surface area contributed by atoms with Crippen LogP contribution in [0.25, 0.3) is 22.4 Å². The van der Waals surface area contributed by atoms with Crippen LogP contribution in [0.15, 0.2) is 65.2 Å². The first kappa shape index (κ1) is 18.0. The highest BCUT2D eigenvalue weighted by Crippen LogP contribution is 2.24. The number of carbonyl (C=O) groups excluding carboxylic acids is 1. The van der Waals surface area contributed by atoms with Crippen LogP contribution in [0.4, 0.5) is 0 Å². The molecule has 1 amide bonds. The monoisotopic (exact) mass is 374 g/mol. The summed E-state index contributed by atoms with van der Waals surface area (Å²) in [5, 5.41) is 12.0. The molecule has 0 spiro atoms. The number of aryl methyl sites for hydroxylation is 2. The number of nitrogens with one attached hydrogen (secondary N) is 1. The first-order chi connectivity index (χ1) is 13.7. The van der Waals surface area contributed by atoms with E-state index in [1.807, 2.05) is 53.2 Å². The van der Waals surface area contributed by atoms with Crippen molar-refractivity contribution in [1.82, 2.24) is 20.1 Å². The zero-order valence-electron chi connectivity index (χ0n) is 15.8. The standard InChI is InChI=1S/C22H22N4O2/c1-16-24-25-22(28-16)19-10-9-18-11-13-26(20(18)14-19)15-21(27)23-12-5-8-17-6-3-2-4-7-17/h2-4,6-7,9-11,13-14H,5,8,12,15H2,1H3,(H,23,27). The maximum absolute atomic E-state index is 12.4. The number of hydrogen-bond acceptors (Lipinski definition) is 4. The third-order valence-electron chi connectivity index (χ3n) is 4.67.